The second-order valence-electron chi connectivity index (χ2n) is 3.57. The molecule has 0 aliphatic rings. The van der Waals surface area contributed by atoms with Crippen LogP contribution in [0.5, 0.6) is 0 Å². The van der Waals surface area contributed by atoms with Crippen molar-refractivity contribution in [2.45, 2.75) is 0 Å². The molecule has 0 spiro atoms. The van der Waals surface area contributed by atoms with Crippen molar-refractivity contribution in [3.05, 3.63) is 35.5 Å². The Kier molecular flexibility index (Phi) is 1.91. The lowest BCUT2D eigenvalue weighted by atomic mass is 10.1. The summed E-state index contributed by atoms with van der Waals surface area (Å²) in [6.07, 6.45) is 1.89. The number of halogens is 1. The second-order valence-corrected chi connectivity index (χ2v) is 3.98. The zero-order valence-corrected chi connectivity index (χ0v) is 9.05. The van der Waals surface area contributed by atoms with Crippen molar-refractivity contribution in [2.24, 2.45) is 0 Å². The Morgan fingerprint density at radius 3 is 2.94 bits per heavy atom. The van der Waals surface area contributed by atoms with E-state index < -0.39 is 0 Å². The zero-order valence-electron chi connectivity index (χ0n) is 8.29. The summed E-state index contributed by atoms with van der Waals surface area (Å²) >= 11 is 6.08. The average Bonchev–Trinajstić information content (AvgIpc) is 2.84. The molecule has 16 heavy (non-hydrogen) atoms. The van der Waals surface area contributed by atoms with Crippen LogP contribution in [0.2, 0.25) is 5.02 Å². The number of rotatable bonds is 1. The molecular formula is C11H9ClN4. The van der Waals surface area contributed by atoms with Crippen LogP contribution in [0.1, 0.15) is 0 Å². The SMILES string of the molecule is Nc1cc(-c2c[nH]c3c(Cl)cccc23)[nH]n1. The minimum Gasteiger partial charge on any atom is -0.382 e. The fourth-order valence-corrected chi connectivity index (χ4v) is 2.04. The van der Waals surface area contributed by atoms with Gasteiger partial charge in [0.15, 0.2) is 0 Å². The predicted octanol–water partition coefficient (Wildman–Crippen LogP) is 2.79. The summed E-state index contributed by atoms with van der Waals surface area (Å²) in [4.78, 5) is 3.14. The fraction of sp³-hybridized carbons (Fsp3) is 0. The lowest BCUT2D eigenvalue weighted by Gasteiger charge is -1.95. The summed E-state index contributed by atoms with van der Waals surface area (Å²) in [5.74, 6) is 0.478. The van der Waals surface area contributed by atoms with Gasteiger partial charge >= 0.3 is 0 Å². The first kappa shape index (κ1) is 9.30. The second kappa shape index (κ2) is 3.28. The van der Waals surface area contributed by atoms with E-state index in [1.807, 2.05) is 24.4 Å². The van der Waals surface area contributed by atoms with Crippen molar-refractivity contribution in [2.75, 3.05) is 5.73 Å². The Bertz CT molecular complexity index is 653. The van der Waals surface area contributed by atoms with Gasteiger partial charge < -0.3 is 10.7 Å². The number of nitrogens with two attached hydrogens (primary N) is 1. The van der Waals surface area contributed by atoms with Crippen LogP contribution in [-0.2, 0) is 0 Å². The maximum absolute atomic E-state index is 6.08. The third-order valence-corrected chi connectivity index (χ3v) is 2.87. The molecule has 0 unspecified atom stereocenters. The number of hydrogen-bond donors (Lipinski definition) is 3. The number of nitrogens with one attached hydrogen (secondary N) is 2. The molecule has 0 saturated carbocycles. The van der Waals surface area contributed by atoms with Crippen LogP contribution in [0.15, 0.2) is 30.5 Å². The summed E-state index contributed by atoms with van der Waals surface area (Å²) in [5, 5.41) is 8.55. The Hall–Kier alpha value is -1.94. The third-order valence-electron chi connectivity index (χ3n) is 2.55. The maximum atomic E-state index is 6.08. The summed E-state index contributed by atoms with van der Waals surface area (Å²) in [6, 6.07) is 7.57. The normalized spacial score (nSPS) is 11.1. The van der Waals surface area contributed by atoms with Gasteiger partial charge in [0.2, 0.25) is 0 Å². The first-order valence-electron chi connectivity index (χ1n) is 4.82. The van der Waals surface area contributed by atoms with Gasteiger partial charge in [0.25, 0.3) is 0 Å². The molecular weight excluding hydrogens is 224 g/mol. The van der Waals surface area contributed by atoms with Crippen LogP contribution in [0.3, 0.4) is 0 Å². The Labute approximate surface area is 96.4 Å². The molecule has 0 aliphatic heterocycles. The van der Waals surface area contributed by atoms with Gasteiger partial charge in [-0.25, -0.2) is 0 Å². The lowest BCUT2D eigenvalue weighted by Crippen LogP contribution is -1.81. The van der Waals surface area contributed by atoms with E-state index in [-0.39, 0.29) is 0 Å². The Balaban J connectivity index is 2.29. The number of fused-ring (bicyclic) bond motifs is 1. The number of hydrogen-bond acceptors (Lipinski definition) is 2. The molecule has 0 atom stereocenters. The van der Waals surface area contributed by atoms with Gasteiger partial charge in [0.05, 0.1) is 16.2 Å². The van der Waals surface area contributed by atoms with Crippen molar-refractivity contribution in [1.29, 1.82) is 0 Å². The van der Waals surface area contributed by atoms with Crippen LogP contribution in [0, 0.1) is 0 Å². The minimum absolute atomic E-state index is 0.478. The van der Waals surface area contributed by atoms with E-state index in [9.17, 15) is 0 Å². The summed E-state index contributed by atoms with van der Waals surface area (Å²) in [6.45, 7) is 0. The number of para-hydroxylation sites is 1. The first-order chi connectivity index (χ1) is 7.75. The Morgan fingerprint density at radius 2 is 2.19 bits per heavy atom. The van der Waals surface area contributed by atoms with E-state index >= 15 is 0 Å². The number of aromatic amines is 2. The molecule has 2 aromatic heterocycles. The summed E-state index contributed by atoms with van der Waals surface area (Å²) in [7, 11) is 0. The maximum Gasteiger partial charge on any atom is 0.145 e. The van der Waals surface area contributed by atoms with Crippen molar-refractivity contribution >= 4 is 28.3 Å². The number of anilines is 1. The molecule has 3 aromatic rings. The predicted molar refractivity (Wildman–Crippen MR) is 65.3 cm³/mol. The van der Waals surface area contributed by atoms with Crippen LogP contribution in [0.4, 0.5) is 5.82 Å². The van der Waals surface area contributed by atoms with Crippen LogP contribution in [0.25, 0.3) is 22.2 Å². The van der Waals surface area contributed by atoms with Crippen molar-refractivity contribution < 1.29 is 0 Å². The zero-order chi connectivity index (χ0) is 11.1. The molecule has 2 heterocycles. The smallest absolute Gasteiger partial charge is 0.145 e. The van der Waals surface area contributed by atoms with E-state index in [1.54, 1.807) is 6.07 Å². The van der Waals surface area contributed by atoms with E-state index in [4.69, 9.17) is 17.3 Å². The van der Waals surface area contributed by atoms with Crippen LogP contribution < -0.4 is 5.73 Å². The highest BCUT2D eigenvalue weighted by atomic mass is 35.5. The highest BCUT2D eigenvalue weighted by Gasteiger charge is 2.09. The van der Waals surface area contributed by atoms with Gasteiger partial charge in [-0.2, -0.15) is 5.10 Å². The number of benzene rings is 1. The number of nitrogen functional groups attached to an aromatic ring is 1. The molecule has 0 aliphatic carbocycles. The molecule has 0 bridgehead atoms. The summed E-state index contributed by atoms with van der Waals surface area (Å²) < 4.78 is 0. The van der Waals surface area contributed by atoms with E-state index in [0.29, 0.717) is 10.8 Å². The van der Waals surface area contributed by atoms with Crippen molar-refractivity contribution in [1.82, 2.24) is 15.2 Å². The van der Waals surface area contributed by atoms with Crippen LogP contribution >= 0.6 is 11.6 Å². The largest absolute Gasteiger partial charge is 0.382 e. The highest BCUT2D eigenvalue weighted by molar-refractivity contribution is 6.35. The molecule has 5 heteroatoms. The number of nitrogens with zero attached hydrogens (tertiary/aromatic N) is 1. The Morgan fingerprint density at radius 1 is 1.31 bits per heavy atom. The van der Waals surface area contributed by atoms with Gasteiger partial charge in [-0.1, -0.05) is 23.7 Å². The van der Waals surface area contributed by atoms with E-state index in [2.05, 4.69) is 15.2 Å². The molecule has 80 valence electrons. The van der Waals surface area contributed by atoms with Crippen molar-refractivity contribution in [3.8, 4) is 11.3 Å². The van der Waals surface area contributed by atoms with Gasteiger partial charge in [0, 0.05) is 23.2 Å². The monoisotopic (exact) mass is 232 g/mol. The molecule has 4 nitrogen and oxygen atoms in total. The molecule has 1 aromatic carbocycles. The highest BCUT2D eigenvalue weighted by Crippen LogP contribution is 2.31. The number of H-pyrrole nitrogens is 2. The molecule has 0 saturated heterocycles. The van der Waals surface area contributed by atoms with Gasteiger partial charge in [-0.05, 0) is 6.07 Å². The topological polar surface area (TPSA) is 70.5 Å². The quantitative estimate of drug-likeness (QED) is 0.604. The summed E-state index contributed by atoms with van der Waals surface area (Å²) in [5.41, 5.74) is 8.40. The van der Waals surface area contributed by atoms with E-state index in [1.165, 1.54) is 0 Å². The lowest BCUT2D eigenvalue weighted by molar-refractivity contribution is 1.10. The van der Waals surface area contributed by atoms with Crippen LogP contribution in [-0.4, -0.2) is 15.2 Å². The van der Waals surface area contributed by atoms with E-state index in [0.717, 1.165) is 22.2 Å². The molecule has 0 fully saturated rings. The van der Waals surface area contributed by atoms with Crippen molar-refractivity contribution in [3.63, 3.8) is 0 Å². The molecule has 0 amide bonds. The van der Waals surface area contributed by atoms with Gasteiger partial charge in [-0.3, -0.25) is 5.10 Å². The average molecular weight is 233 g/mol. The fourth-order valence-electron chi connectivity index (χ4n) is 1.82. The minimum atomic E-state index is 0.478. The molecule has 0 radical (unpaired) electrons. The first-order valence-corrected chi connectivity index (χ1v) is 5.20. The van der Waals surface area contributed by atoms with Gasteiger partial charge in [0.1, 0.15) is 5.82 Å². The standard InChI is InChI=1S/C11H9ClN4/c12-8-3-1-2-6-7(5-14-11(6)8)9-4-10(13)16-15-9/h1-5,14H,(H3,13,15,16). The molecule has 3 rings (SSSR count). The third kappa shape index (κ3) is 1.27. The number of aromatic nitrogens is 3. The van der Waals surface area contributed by atoms with Gasteiger partial charge in [-0.15, -0.1) is 0 Å². The molecule has 4 N–H and O–H groups in total.